The molecule has 1 fully saturated rings. The van der Waals surface area contributed by atoms with E-state index in [2.05, 4.69) is 31.8 Å². The van der Waals surface area contributed by atoms with E-state index in [1.54, 1.807) is 4.68 Å². The van der Waals surface area contributed by atoms with Crippen LogP contribution in [-0.2, 0) is 10.5 Å². The molecule has 0 saturated carbocycles. The largest absolute Gasteiger partial charge is 0.378 e. The summed E-state index contributed by atoms with van der Waals surface area (Å²) in [6, 6.07) is 25.3. The normalized spacial score (nSPS) is 13.6. The number of carbonyl (C=O) groups excluding carboxylic acids is 1. The molecule has 3 aromatic carbocycles. The average molecular weight is 473 g/mol. The molecule has 0 spiro atoms. The Morgan fingerprint density at radius 3 is 2.56 bits per heavy atom. The summed E-state index contributed by atoms with van der Waals surface area (Å²) in [6.45, 7) is 3.13. The maximum Gasteiger partial charge on any atom is 0.256 e. The number of para-hydroxylation sites is 1. The Morgan fingerprint density at radius 2 is 1.71 bits per heavy atom. The Morgan fingerprint density at radius 1 is 0.941 bits per heavy atom. The SMILES string of the molecule is O=C(Nc1cccc(N2CCOCC2)c1)c1ccccc1SCc1nnnn1-c1ccccc1. The third kappa shape index (κ3) is 5.11. The molecule has 4 aromatic rings. The summed E-state index contributed by atoms with van der Waals surface area (Å²) < 4.78 is 7.16. The van der Waals surface area contributed by atoms with Crippen molar-refractivity contribution in [3.8, 4) is 5.69 Å². The summed E-state index contributed by atoms with van der Waals surface area (Å²) in [5.74, 6) is 1.09. The van der Waals surface area contributed by atoms with Gasteiger partial charge in [0, 0.05) is 29.4 Å². The van der Waals surface area contributed by atoms with E-state index < -0.39 is 0 Å². The second-order valence-corrected chi connectivity index (χ2v) is 8.75. The fourth-order valence-electron chi connectivity index (χ4n) is 3.79. The molecule has 0 unspecified atom stereocenters. The first-order chi connectivity index (χ1) is 16.8. The third-order valence-corrected chi connectivity index (χ3v) is 6.57. The summed E-state index contributed by atoms with van der Waals surface area (Å²) in [4.78, 5) is 16.3. The lowest BCUT2D eigenvalue weighted by atomic mass is 10.2. The number of anilines is 2. The maximum atomic E-state index is 13.2. The highest BCUT2D eigenvalue weighted by Gasteiger charge is 2.16. The number of morpholine rings is 1. The molecule has 1 aliphatic rings. The van der Waals surface area contributed by atoms with E-state index in [1.807, 2.05) is 72.8 Å². The molecule has 5 rings (SSSR count). The number of nitrogens with one attached hydrogen (secondary N) is 1. The molecule has 8 nitrogen and oxygen atoms in total. The van der Waals surface area contributed by atoms with Gasteiger partial charge in [0.25, 0.3) is 5.91 Å². The van der Waals surface area contributed by atoms with Gasteiger partial charge in [-0.05, 0) is 52.9 Å². The van der Waals surface area contributed by atoms with Crippen LogP contribution in [0.4, 0.5) is 11.4 Å². The molecule has 0 bridgehead atoms. The van der Waals surface area contributed by atoms with Crippen LogP contribution in [0.1, 0.15) is 16.2 Å². The number of nitrogens with zero attached hydrogens (tertiary/aromatic N) is 5. The zero-order chi connectivity index (χ0) is 23.2. The quantitative estimate of drug-likeness (QED) is 0.406. The molecule has 2 heterocycles. The van der Waals surface area contributed by atoms with Gasteiger partial charge in [-0.1, -0.05) is 36.4 Å². The number of tetrazole rings is 1. The smallest absolute Gasteiger partial charge is 0.256 e. The first kappa shape index (κ1) is 22.1. The van der Waals surface area contributed by atoms with Gasteiger partial charge < -0.3 is 15.0 Å². The van der Waals surface area contributed by atoms with Gasteiger partial charge in [0.1, 0.15) is 0 Å². The predicted molar refractivity (Wildman–Crippen MR) is 133 cm³/mol. The monoisotopic (exact) mass is 472 g/mol. The summed E-state index contributed by atoms with van der Waals surface area (Å²) in [5, 5.41) is 15.2. The van der Waals surface area contributed by atoms with Crippen LogP contribution in [0.3, 0.4) is 0 Å². The number of rotatable bonds is 7. The highest BCUT2D eigenvalue weighted by molar-refractivity contribution is 7.98. The van der Waals surface area contributed by atoms with Crippen molar-refractivity contribution in [2.24, 2.45) is 0 Å². The number of carbonyl (C=O) groups is 1. The van der Waals surface area contributed by atoms with Crippen molar-refractivity contribution >= 4 is 29.0 Å². The van der Waals surface area contributed by atoms with E-state index in [-0.39, 0.29) is 5.91 Å². The van der Waals surface area contributed by atoms with Gasteiger partial charge in [-0.3, -0.25) is 4.79 Å². The van der Waals surface area contributed by atoms with Gasteiger partial charge >= 0.3 is 0 Å². The molecule has 1 aromatic heterocycles. The second-order valence-electron chi connectivity index (χ2n) is 7.73. The van der Waals surface area contributed by atoms with E-state index in [0.29, 0.717) is 17.1 Å². The fraction of sp³-hybridized carbons (Fsp3) is 0.200. The minimum atomic E-state index is -0.148. The highest BCUT2D eigenvalue weighted by atomic mass is 32.2. The van der Waals surface area contributed by atoms with E-state index in [1.165, 1.54) is 11.8 Å². The van der Waals surface area contributed by atoms with E-state index >= 15 is 0 Å². The highest BCUT2D eigenvalue weighted by Crippen LogP contribution is 2.28. The van der Waals surface area contributed by atoms with Crippen LogP contribution in [0.15, 0.2) is 83.8 Å². The predicted octanol–water partition coefficient (Wildman–Crippen LogP) is 4.04. The van der Waals surface area contributed by atoms with Crippen LogP contribution >= 0.6 is 11.8 Å². The third-order valence-electron chi connectivity index (χ3n) is 5.50. The van der Waals surface area contributed by atoms with Crippen LogP contribution in [0.2, 0.25) is 0 Å². The molecule has 1 N–H and O–H groups in total. The molecule has 34 heavy (non-hydrogen) atoms. The molecule has 1 saturated heterocycles. The zero-order valence-electron chi connectivity index (χ0n) is 18.5. The summed E-state index contributed by atoms with van der Waals surface area (Å²) in [6.07, 6.45) is 0. The Labute approximate surface area is 201 Å². The van der Waals surface area contributed by atoms with E-state index in [4.69, 9.17) is 4.74 Å². The lowest BCUT2D eigenvalue weighted by Crippen LogP contribution is -2.36. The lowest BCUT2D eigenvalue weighted by molar-refractivity contribution is 0.102. The van der Waals surface area contributed by atoms with Crippen molar-refractivity contribution in [1.82, 2.24) is 20.2 Å². The van der Waals surface area contributed by atoms with Crippen LogP contribution in [0.25, 0.3) is 5.69 Å². The van der Waals surface area contributed by atoms with Gasteiger partial charge in [-0.2, -0.15) is 4.68 Å². The van der Waals surface area contributed by atoms with Crippen LogP contribution in [0, 0.1) is 0 Å². The average Bonchev–Trinajstić information content (AvgIpc) is 3.37. The van der Waals surface area contributed by atoms with Gasteiger partial charge in [0.05, 0.1) is 30.2 Å². The number of benzene rings is 3. The summed E-state index contributed by atoms with van der Waals surface area (Å²) in [7, 11) is 0. The lowest BCUT2D eigenvalue weighted by Gasteiger charge is -2.29. The number of hydrogen-bond acceptors (Lipinski definition) is 7. The van der Waals surface area contributed by atoms with Crippen LogP contribution in [-0.4, -0.2) is 52.4 Å². The summed E-state index contributed by atoms with van der Waals surface area (Å²) >= 11 is 1.53. The Balaban J connectivity index is 1.29. The van der Waals surface area contributed by atoms with Gasteiger partial charge in [-0.15, -0.1) is 16.9 Å². The first-order valence-corrected chi connectivity index (χ1v) is 12.0. The van der Waals surface area contributed by atoms with Crippen LogP contribution < -0.4 is 10.2 Å². The molecule has 1 aliphatic heterocycles. The molecular weight excluding hydrogens is 448 g/mol. The number of thioether (sulfide) groups is 1. The second kappa shape index (κ2) is 10.5. The Kier molecular flexibility index (Phi) is 6.83. The van der Waals surface area contributed by atoms with E-state index in [9.17, 15) is 4.79 Å². The standard InChI is InChI=1S/C25H24N6O2S/c32-25(26-19-7-6-10-21(17-19)30-13-15-33-16-14-30)22-11-4-5-12-23(22)34-18-24-27-28-29-31(24)20-8-2-1-3-9-20/h1-12,17H,13-16,18H2,(H,26,32). The topological polar surface area (TPSA) is 85.2 Å². The first-order valence-electron chi connectivity index (χ1n) is 11.1. The number of aromatic nitrogens is 4. The Bertz CT molecular complexity index is 1260. The van der Waals surface area contributed by atoms with Crippen molar-refractivity contribution in [2.45, 2.75) is 10.6 Å². The number of ether oxygens (including phenoxy) is 1. The molecule has 0 atom stereocenters. The van der Waals surface area contributed by atoms with Crippen molar-refractivity contribution in [1.29, 1.82) is 0 Å². The minimum absolute atomic E-state index is 0.148. The molecule has 0 aliphatic carbocycles. The van der Waals surface area contributed by atoms with Gasteiger partial charge in [0.15, 0.2) is 5.82 Å². The zero-order valence-corrected chi connectivity index (χ0v) is 19.3. The molecule has 9 heteroatoms. The van der Waals surface area contributed by atoms with Gasteiger partial charge in [-0.25, -0.2) is 0 Å². The van der Waals surface area contributed by atoms with E-state index in [0.717, 1.165) is 48.3 Å². The van der Waals surface area contributed by atoms with Crippen molar-refractivity contribution in [2.75, 3.05) is 36.5 Å². The van der Waals surface area contributed by atoms with Crippen molar-refractivity contribution in [3.05, 3.63) is 90.3 Å². The molecule has 172 valence electrons. The Hall–Kier alpha value is -3.69. The minimum Gasteiger partial charge on any atom is -0.378 e. The molecule has 0 radical (unpaired) electrons. The summed E-state index contributed by atoms with van der Waals surface area (Å²) in [5.41, 5.74) is 3.36. The van der Waals surface area contributed by atoms with Gasteiger partial charge in [0.2, 0.25) is 0 Å². The van der Waals surface area contributed by atoms with Crippen molar-refractivity contribution < 1.29 is 9.53 Å². The molecular formula is C25H24N6O2S. The fourth-order valence-corrected chi connectivity index (χ4v) is 4.74. The number of amides is 1. The molecule has 1 amide bonds. The van der Waals surface area contributed by atoms with Crippen molar-refractivity contribution in [3.63, 3.8) is 0 Å². The number of hydrogen-bond donors (Lipinski definition) is 1. The van der Waals surface area contributed by atoms with Crippen LogP contribution in [0.5, 0.6) is 0 Å². The maximum absolute atomic E-state index is 13.2.